The lowest BCUT2D eigenvalue weighted by Crippen LogP contribution is -2.43. The fourth-order valence-electron chi connectivity index (χ4n) is 3.84. The number of ether oxygens (including phenoxy) is 1. The normalized spacial score (nSPS) is 29.7. The Hall–Kier alpha value is -1.13. The molecule has 1 aromatic carbocycles. The van der Waals surface area contributed by atoms with E-state index in [9.17, 15) is 9.50 Å². The number of rotatable bonds is 2. The SMILES string of the molecule is CC1(C)OC(C)(C)C(CN2CCc3ccc(F)cc32)C1O. The van der Waals surface area contributed by atoms with Crippen LogP contribution in [-0.4, -0.2) is 35.5 Å². The van der Waals surface area contributed by atoms with Gasteiger partial charge in [0.25, 0.3) is 0 Å². The van der Waals surface area contributed by atoms with E-state index < -0.39 is 11.7 Å². The van der Waals surface area contributed by atoms with Crippen LogP contribution in [0.1, 0.15) is 33.3 Å². The van der Waals surface area contributed by atoms with Gasteiger partial charge in [-0.3, -0.25) is 0 Å². The molecule has 2 heterocycles. The second-order valence-corrected chi connectivity index (χ2v) is 7.33. The monoisotopic (exact) mass is 293 g/mol. The number of aliphatic hydroxyl groups excluding tert-OH is 1. The number of nitrogens with zero attached hydrogens (tertiary/aromatic N) is 1. The minimum Gasteiger partial charge on any atom is -0.390 e. The lowest BCUT2D eigenvalue weighted by Gasteiger charge is -2.32. The van der Waals surface area contributed by atoms with Crippen LogP contribution in [0, 0.1) is 11.7 Å². The molecule has 0 saturated carbocycles. The molecule has 2 atom stereocenters. The lowest BCUT2D eigenvalue weighted by molar-refractivity contribution is -0.0906. The molecule has 1 fully saturated rings. The van der Waals surface area contributed by atoms with E-state index in [1.807, 2.05) is 33.8 Å². The molecule has 1 N–H and O–H groups in total. The van der Waals surface area contributed by atoms with Crippen molar-refractivity contribution in [1.82, 2.24) is 0 Å². The molecule has 116 valence electrons. The van der Waals surface area contributed by atoms with E-state index in [1.165, 1.54) is 11.6 Å². The average molecular weight is 293 g/mol. The van der Waals surface area contributed by atoms with E-state index in [4.69, 9.17) is 4.74 Å². The van der Waals surface area contributed by atoms with Crippen LogP contribution in [0.5, 0.6) is 0 Å². The maximum atomic E-state index is 13.5. The highest BCUT2D eigenvalue weighted by Crippen LogP contribution is 2.43. The summed E-state index contributed by atoms with van der Waals surface area (Å²) in [7, 11) is 0. The summed E-state index contributed by atoms with van der Waals surface area (Å²) >= 11 is 0. The third kappa shape index (κ3) is 2.44. The van der Waals surface area contributed by atoms with Crippen molar-refractivity contribution < 1.29 is 14.2 Å². The molecule has 0 spiro atoms. The molecule has 0 aromatic heterocycles. The van der Waals surface area contributed by atoms with Crippen LogP contribution in [0.2, 0.25) is 0 Å². The summed E-state index contributed by atoms with van der Waals surface area (Å²) in [6, 6.07) is 4.98. The summed E-state index contributed by atoms with van der Waals surface area (Å²) < 4.78 is 19.5. The highest BCUT2D eigenvalue weighted by molar-refractivity contribution is 5.58. The zero-order chi connectivity index (χ0) is 15.4. The van der Waals surface area contributed by atoms with Gasteiger partial charge >= 0.3 is 0 Å². The molecule has 4 heteroatoms. The molecule has 0 bridgehead atoms. The first kappa shape index (κ1) is 14.8. The molecule has 21 heavy (non-hydrogen) atoms. The Morgan fingerprint density at radius 2 is 2.00 bits per heavy atom. The van der Waals surface area contributed by atoms with Crippen molar-refractivity contribution in [2.24, 2.45) is 5.92 Å². The maximum absolute atomic E-state index is 13.5. The number of fused-ring (bicyclic) bond motifs is 1. The number of hydrogen-bond donors (Lipinski definition) is 1. The van der Waals surface area contributed by atoms with Crippen molar-refractivity contribution in [3.05, 3.63) is 29.6 Å². The van der Waals surface area contributed by atoms with E-state index >= 15 is 0 Å². The molecule has 2 unspecified atom stereocenters. The fourth-order valence-corrected chi connectivity index (χ4v) is 3.84. The van der Waals surface area contributed by atoms with Gasteiger partial charge in [0.05, 0.1) is 17.3 Å². The highest BCUT2D eigenvalue weighted by atomic mass is 19.1. The van der Waals surface area contributed by atoms with Crippen molar-refractivity contribution in [2.75, 3.05) is 18.0 Å². The first-order valence-electron chi connectivity index (χ1n) is 7.62. The minimum atomic E-state index is -0.543. The van der Waals surface area contributed by atoms with Gasteiger partial charge in [0, 0.05) is 24.7 Å². The van der Waals surface area contributed by atoms with Crippen molar-refractivity contribution in [3.63, 3.8) is 0 Å². The number of benzene rings is 1. The van der Waals surface area contributed by atoms with Crippen LogP contribution in [0.15, 0.2) is 18.2 Å². The fraction of sp³-hybridized carbons (Fsp3) is 0.647. The second-order valence-electron chi connectivity index (χ2n) is 7.33. The number of anilines is 1. The van der Waals surface area contributed by atoms with E-state index in [2.05, 4.69) is 4.90 Å². The molecule has 3 rings (SSSR count). The zero-order valence-corrected chi connectivity index (χ0v) is 13.2. The molecule has 0 radical (unpaired) electrons. The lowest BCUT2D eigenvalue weighted by atomic mass is 9.84. The summed E-state index contributed by atoms with van der Waals surface area (Å²) in [5, 5.41) is 10.6. The Kier molecular flexibility index (Phi) is 3.30. The van der Waals surface area contributed by atoms with Crippen LogP contribution in [0.3, 0.4) is 0 Å². The van der Waals surface area contributed by atoms with E-state index in [0.29, 0.717) is 6.54 Å². The van der Waals surface area contributed by atoms with Gasteiger partial charge in [0.1, 0.15) is 5.82 Å². The standard InChI is InChI=1S/C17H24FNO2/c1-16(2)13(15(20)17(3,4)21-16)10-19-8-7-11-5-6-12(18)9-14(11)19/h5-6,9,13,15,20H,7-8,10H2,1-4H3. The Balaban J connectivity index is 1.84. The highest BCUT2D eigenvalue weighted by Gasteiger charge is 2.53. The number of hydrogen-bond acceptors (Lipinski definition) is 3. The van der Waals surface area contributed by atoms with Crippen molar-refractivity contribution in [3.8, 4) is 0 Å². The summed E-state index contributed by atoms with van der Waals surface area (Å²) in [6.45, 7) is 9.47. The Bertz CT molecular complexity index is 556. The third-order valence-corrected chi connectivity index (χ3v) is 4.97. The summed E-state index contributed by atoms with van der Waals surface area (Å²) in [5.41, 5.74) is 1.21. The molecule has 3 nitrogen and oxygen atoms in total. The van der Waals surface area contributed by atoms with Gasteiger partial charge in [0.2, 0.25) is 0 Å². The van der Waals surface area contributed by atoms with Gasteiger partial charge in [-0.1, -0.05) is 6.07 Å². The average Bonchev–Trinajstić information content (AvgIpc) is 2.81. The second kappa shape index (κ2) is 4.68. The third-order valence-electron chi connectivity index (χ3n) is 4.97. The van der Waals surface area contributed by atoms with Crippen LogP contribution >= 0.6 is 0 Å². The van der Waals surface area contributed by atoms with Gasteiger partial charge in [-0.05, 0) is 51.8 Å². The molecule has 0 aliphatic carbocycles. The van der Waals surface area contributed by atoms with Gasteiger partial charge in [0.15, 0.2) is 0 Å². The van der Waals surface area contributed by atoms with Crippen molar-refractivity contribution >= 4 is 5.69 Å². The van der Waals surface area contributed by atoms with Crippen molar-refractivity contribution in [1.29, 1.82) is 0 Å². The summed E-state index contributed by atoms with van der Waals surface area (Å²) in [6.07, 6.45) is 0.411. The quantitative estimate of drug-likeness (QED) is 0.910. The predicted molar refractivity (Wildman–Crippen MR) is 81.1 cm³/mol. The molecule has 2 aliphatic rings. The first-order chi connectivity index (χ1) is 9.71. The smallest absolute Gasteiger partial charge is 0.125 e. The molecule has 0 amide bonds. The maximum Gasteiger partial charge on any atom is 0.125 e. The van der Waals surface area contributed by atoms with Crippen LogP contribution in [-0.2, 0) is 11.2 Å². The Labute approximate surface area is 125 Å². The molecule has 1 saturated heterocycles. The van der Waals surface area contributed by atoms with Crippen LogP contribution in [0.25, 0.3) is 0 Å². The number of aliphatic hydroxyl groups is 1. The molecular formula is C17H24FNO2. The summed E-state index contributed by atoms with van der Waals surface area (Å²) in [4.78, 5) is 2.18. The predicted octanol–water partition coefficient (Wildman–Crippen LogP) is 2.75. The minimum absolute atomic E-state index is 0.00159. The van der Waals surface area contributed by atoms with Gasteiger partial charge in [-0.2, -0.15) is 0 Å². The van der Waals surface area contributed by atoms with E-state index in [-0.39, 0.29) is 17.3 Å². The molecule has 1 aromatic rings. The van der Waals surface area contributed by atoms with E-state index in [0.717, 1.165) is 18.7 Å². The summed E-state index contributed by atoms with van der Waals surface area (Å²) in [5.74, 6) is -0.204. The molecule has 2 aliphatic heterocycles. The topological polar surface area (TPSA) is 32.7 Å². The molecular weight excluding hydrogens is 269 g/mol. The Morgan fingerprint density at radius 3 is 2.62 bits per heavy atom. The van der Waals surface area contributed by atoms with Crippen LogP contribution in [0.4, 0.5) is 10.1 Å². The van der Waals surface area contributed by atoms with E-state index in [1.54, 1.807) is 6.07 Å². The van der Waals surface area contributed by atoms with Crippen molar-refractivity contribution in [2.45, 2.75) is 51.4 Å². The zero-order valence-electron chi connectivity index (χ0n) is 13.2. The van der Waals surface area contributed by atoms with Crippen LogP contribution < -0.4 is 4.90 Å². The first-order valence-corrected chi connectivity index (χ1v) is 7.62. The van der Waals surface area contributed by atoms with Gasteiger partial charge in [-0.15, -0.1) is 0 Å². The Morgan fingerprint density at radius 1 is 1.29 bits per heavy atom. The van der Waals surface area contributed by atoms with Gasteiger partial charge < -0.3 is 14.7 Å². The van der Waals surface area contributed by atoms with Gasteiger partial charge in [-0.25, -0.2) is 4.39 Å². The largest absolute Gasteiger partial charge is 0.390 e. The number of halogens is 1.